The van der Waals surface area contributed by atoms with Crippen molar-refractivity contribution in [3.63, 3.8) is 0 Å². The average Bonchev–Trinajstić information content (AvgIpc) is 2.47. The smallest absolute Gasteiger partial charge is 0.0980 e. The van der Waals surface area contributed by atoms with Crippen LogP contribution >= 0.6 is 0 Å². The first-order valence-corrected chi connectivity index (χ1v) is 9.43. The second-order valence-electron chi connectivity index (χ2n) is 6.44. The Bertz CT molecular complexity index is 234. The van der Waals surface area contributed by atoms with Crippen molar-refractivity contribution in [2.45, 2.75) is 97.3 Å². The van der Waals surface area contributed by atoms with Gasteiger partial charge in [0.05, 0.1) is 5.84 Å². The van der Waals surface area contributed by atoms with Gasteiger partial charge < -0.3 is 4.90 Å². The summed E-state index contributed by atoms with van der Waals surface area (Å²) in [5.74, 6) is 1.23. The van der Waals surface area contributed by atoms with Crippen LogP contribution in [0.5, 0.6) is 0 Å². The van der Waals surface area contributed by atoms with Gasteiger partial charge in [-0.1, -0.05) is 84.5 Å². The Morgan fingerprint density at radius 1 is 0.667 bits per heavy atom. The molecule has 0 radical (unpaired) electrons. The molecule has 0 rings (SSSR count). The predicted octanol–water partition coefficient (Wildman–Crippen LogP) is 6.06. The normalized spacial score (nSPS) is 11.9. The van der Waals surface area contributed by atoms with Gasteiger partial charge in [-0.15, -0.1) is 0 Å². The quantitative estimate of drug-likeness (QED) is 0.216. The second-order valence-corrected chi connectivity index (χ2v) is 6.44. The van der Waals surface area contributed by atoms with E-state index in [-0.39, 0.29) is 0 Å². The number of unbranched alkanes of at least 4 members (excludes halogenated alkanes) is 11. The second kappa shape index (κ2) is 15.9. The molecule has 0 saturated heterocycles. The summed E-state index contributed by atoms with van der Waals surface area (Å²) in [5.41, 5.74) is 0. The summed E-state index contributed by atoms with van der Waals surface area (Å²) in [5, 5.41) is 0. The van der Waals surface area contributed by atoms with Gasteiger partial charge in [0.1, 0.15) is 0 Å². The van der Waals surface area contributed by atoms with Crippen LogP contribution in [0.4, 0.5) is 0 Å². The molecule has 0 aromatic heterocycles. The van der Waals surface area contributed by atoms with Crippen molar-refractivity contribution >= 4 is 5.84 Å². The number of nitrogens with zero attached hydrogens (tertiary/aromatic N) is 2. The fourth-order valence-electron chi connectivity index (χ4n) is 2.73. The predicted molar refractivity (Wildman–Crippen MR) is 97.4 cm³/mol. The highest BCUT2D eigenvalue weighted by atomic mass is 15.1. The summed E-state index contributed by atoms with van der Waals surface area (Å²) in [7, 11) is 4.18. The minimum absolute atomic E-state index is 1.01. The molecule has 126 valence electrons. The van der Waals surface area contributed by atoms with E-state index in [4.69, 9.17) is 0 Å². The van der Waals surface area contributed by atoms with Crippen molar-refractivity contribution in [3.05, 3.63) is 0 Å². The molecule has 0 aliphatic carbocycles. The van der Waals surface area contributed by atoms with Crippen molar-refractivity contribution < 1.29 is 0 Å². The van der Waals surface area contributed by atoms with Crippen LogP contribution < -0.4 is 0 Å². The fourth-order valence-corrected chi connectivity index (χ4v) is 2.73. The molecule has 0 N–H and O–H groups in total. The number of hydrogen-bond acceptors (Lipinski definition) is 1. The third-order valence-corrected chi connectivity index (χ3v) is 4.14. The van der Waals surface area contributed by atoms with E-state index in [1.165, 1.54) is 82.9 Å². The lowest BCUT2D eigenvalue weighted by Crippen LogP contribution is -2.21. The summed E-state index contributed by atoms with van der Waals surface area (Å²) in [6.45, 7) is 5.48. The van der Waals surface area contributed by atoms with E-state index in [0.29, 0.717) is 0 Å². The number of aliphatic imine (C=N–C) groups is 1. The number of rotatable bonds is 14. The number of hydrogen-bond donors (Lipinski definition) is 0. The van der Waals surface area contributed by atoms with Crippen LogP contribution in [0.25, 0.3) is 0 Å². The zero-order chi connectivity index (χ0) is 15.8. The fraction of sp³-hybridized carbons (Fsp3) is 0.947. The molecule has 0 amide bonds. The molecule has 0 aliphatic rings. The Balaban J connectivity index is 3.22. The first-order chi connectivity index (χ1) is 10.2. The van der Waals surface area contributed by atoms with Crippen molar-refractivity contribution in [1.29, 1.82) is 0 Å². The third-order valence-electron chi connectivity index (χ3n) is 4.14. The van der Waals surface area contributed by atoms with E-state index < -0.39 is 0 Å². The molecule has 21 heavy (non-hydrogen) atoms. The Morgan fingerprint density at radius 2 is 1.10 bits per heavy atom. The number of amidine groups is 1. The van der Waals surface area contributed by atoms with E-state index in [1.54, 1.807) is 0 Å². The third kappa shape index (κ3) is 14.2. The topological polar surface area (TPSA) is 15.6 Å². The van der Waals surface area contributed by atoms with Gasteiger partial charge in [-0.05, 0) is 6.42 Å². The molecule has 0 aliphatic heterocycles. The molecule has 0 heterocycles. The molecular formula is C19H40N2. The molecular weight excluding hydrogens is 256 g/mol. The molecule has 0 spiro atoms. The molecule has 0 aromatic rings. The van der Waals surface area contributed by atoms with Gasteiger partial charge in [0.25, 0.3) is 0 Å². The molecule has 0 bridgehead atoms. The van der Waals surface area contributed by atoms with Crippen LogP contribution in [0.2, 0.25) is 0 Å². The van der Waals surface area contributed by atoms with E-state index in [0.717, 1.165) is 13.0 Å². The van der Waals surface area contributed by atoms with E-state index in [1.807, 2.05) is 0 Å². The van der Waals surface area contributed by atoms with E-state index >= 15 is 0 Å². The monoisotopic (exact) mass is 296 g/mol. The van der Waals surface area contributed by atoms with Crippen molar-refractivity contribution in [2.75, 3.05) is 20.6 Å². The van der Waals surface area contributed by atoms with Crippen molar-refractivity contribution in [2.24, 2.45) is 4.99 Å². The van der Waals surface area contributed by atoms with Gasteiger partial charge >= 0.3 is 0 Å². The average molecular weight is 297 g/mol. The lowest BCUT2D eigenvalue weighted by atomic mass is 10.1. The van der Waals surface area contributed by atoms with Crippen LogP contribution in [0, 0.1) is 0 Å². The molecule has 0 fully saturated rings. The van der Waals surface area contributed by atoms with Crippen LogP contribution in [0.1, 0.15) is 97.3 Å². The van der Waals surface area contributed by atoms with Crippen LogP contribution in [-0.4, -0.2) is 31.4 Å². The maximum absolute atomic E-state index is 4.67. The van der Waals surface area contributed by atoms with Crippen molar-refractivity contribution in [3.8, 4) is 0 Å². The lowest BCUT2D eigenvalue weighted by Gasteiger charge is -2.13. The van der Waals surface area contributed by atoms with Gasteiger partial charge in [-0.25, -0.2) is 0 Å². The summed E-state index contributed by atoms with van der Waals surface area (Å²) in [6.07, 6.45) is 18.0. The Kier molecular flexibility index (Phi) is 15.5. The van der Waals surface area contributed by atoms with Crippen LogP contribution in [0.3, 0.4) is 0 Å². The highest BCUT2D eigenvalue weighted by Crippen LogP contribution is 2.11. The van der Waals surface area contributed by atoms with E-state index in [9.17, 15) is 0 Å². The highest BCUT2D eigenvalue weighted by Gasteiger charge is 1.97. The van der Waals surface area contributed by atoms with Crippen LogP contribution in [-0.2, 0) is 0 Å². The minimum Gasteiger partial charge on any atom is -0.367 e. The van der Waals surface area contributed by atoms with Crippen LogP contribution in [0.15, 0.2) is 4.99 Å². The van der Waals surface area contributed by atoms with Gasteiger partial charge in [0.2, 0.25) is 0 Å². The highest BCUT2D eigenvalue weighted by molar-refractivity contribution is 5.81. The molecule has 0 atom stereocenters. The molecule has 0 aromatic carbocycles. The summed E-state index contributed by atoms with van der Waals surface area (Å²) >= 11 is 0. The zero-order valence-corrected chi connectivity index (χ0v) is 15.3. The summed E-state index contributed by atoms with van der Waals surface area (Å²) in [4.78, 5) is 6.81. The molecule has 2 nitrogen and oxygen atoms in total. The van der Waals surface area contributed by atoms with Gasteiger partial charge in [0.15, 0.2) is 0 Å². The maximum Gasteiger partial charge on any atom is 0.0980 e. The first-order valence-electron chi connectivity index (χ1n) is 9.43. The SMILES string of the molecule is CCCCCCCCCCCCCCN=C(CC)N(C)C. The van der Waals surface area contributed by atoms with E-state index in [2.05, 4.69) is 37.8 Å². The standard InChI is InChI=1S/C19H40N2/c1-5-7-8-9-10-11-12-13-14-15-16-17-18-20-19(6-2)21(3)4/h5-18H2,1-4H3. The first kappa shape index (κ1) is 20.5. The Labute approximate surface area is 134 Å². The zero-order valence-electron chi connectivity index (χ0n) is 15.3. The Hall–Kier alpha value is -0.530. The lowest BCUT2D eigenvalue weighted by molar-refractivity contribution is 0.544. The Morgan fingerprint density at radius 3 is 1.48 bits per heavy atom. The summed E-state index contributed by atoms with van der Waals surface area (Å²) in [6, 6.07) is 0. The van der Waals surface area contributed by atoms with Gasteiger partial charge in [-0.3, -0.25) is 4.99 Å². The minimum atomic E-state index is 1.01. The summed E-state index contributed by atoms with van der Waals surface area (Å²) < 4.78 is 0. The van der Waals surface area contributed by atoms with Gasteiger partial charge in [-0.2, -0.15) is 0 Å². The molecule has 2 heteroatoms. The largest absolute Gasteiger partial charge is 0.367 e. The molecule has 0 saturated carbocycles. The molecule has 0 unspecified atom stereocenters. The van der Waals surface area contributed by atoms with Crippen molar-refractivity contribution in [1.82, 2.24) is 4.90 Å². The maximum atomic E-state index is 4.67. The van der Waals surface area contributed by atoms with Gasteiger partial charge in [0, 0.05) is 27.1 Å².